The van der Waals surface area contributed by atoms with Crippen LogP contribution in [-0.2, 0) is 0 Å². The molecule has 0 atom stereocenters. The minimum atomic E-state index is 0.146. The van der Waals surface area contributed by atoms with Crippen LogP contribution in [0, 0.1) is 0 Å². The predicted octanol–water partition coefficient (Wildman–Crippen LogP) is 3.21. The van der Waals surface area contributed by atoms with Crippen LogP contribution < -0.4 is 15.5 Å². The maximum absolute atomic E-state index is 4.95. The molecule has 1 saturated carbocycles. The van der Waals surface area contributed by atoms with Crippen LogP contribution in [0.25, 0.3) is 11.2 Å². The quantitative estimate of drug-likeness (QED) is 0.663. The molecule has 0 amide bonds. The third-order valence-corrected chi connectivity index (χ3v) is 5.88. The molecule has 0 radical (unpaired) electrons. The van der Waals surface area contributed by atoms with Gasteiger partial charge in [-0.1, -0.05) is 37.5 Å². The number of imidazole rings is 1. The van der Waals surface area contributed by atoms with Gasteiger partial charge in [-0.2, -0.15) is 9.97 Å². The van der Waals surface area contributed by atoms with E-state index in [1.165, 1.54) is 32.1 Å². The first-order valence-corrected chi connectivity index (χ1v) is 9.86. The third kappa shape index (κ3) is 3.02. The van der Waals surface area contributed by atoms with Crippen molar-refractivity contribution in [2.24, 2.45) is 0 Å². The molecule has 0 unspecified atom stereocenters. The summed E-state index contributed by atoms with van der Waals surface area (Å²) in [5.74, 6) is 1.57. The average molecular weight is 363 g/mol. The summed E-state index contributed by atoms with van der Waals surface area (Å²) in [7, 11) is 0. The van der Waals surface area contributed by atoms with Gasteiger partial charge in [0, 0.05) is 25.3 Å². The third-order valence-electron chi connectivity index (χ3n) is 5.88. The summed E-state index contributed by atoms with van der Waals surface area (Å²) in [6.07, 6.45) is 8.03. The molecule has 3 heterocycles. The number of anilines is 3. The summed E-state index contributed by atoms with van der Waals surface area (Å²) in [6, 6.07) is 10.0. The number of aromatic nitrogens is 4. The first-order valence-electron chi connectivity index (χ1n) is 9.86. The standard InChI is InChI=1S/C20H25N7/c1-3-7-15(8-4-1)24-19-25-17-16(22-14-23-17)18(26-19)27-12-11-21-13-20(27)9-5-2-6-10-20/h1,3-4,7-8,14,21H,2,5-6,9-13H2,(H2,22,23,24,25,26). The second kappa shape index (κ2) is 6.81. The number of hydrogen-bond acceptors (Lipinski definition) is 6. The fourth-order valence-electron chi connectivity index (χ4n) is 4.55. The van der Waals surface area contributed by atoms with Crippen molar-refractivity contribution in [1.82, 2.24) is 25.3 Å². The highest BCUT2D eigenvalue weighted by molar-refractivity contribution is 5.85. The van der Waals surface area contributed by atoms with Gasteiger partial charge in [0.05, 0.1) is 11.9 Å². The maximum atomic E-state index is 4.95. The number of piperazine rings is 1. The Hall–Kier alpha value is -2.67. The lowest BCUT2D eigenvalue weighted by atomic mass is 9.79. The summed E-state index contributed by atoms with van der Waals surface area (Å²) in [5.41, 5.74) is 2.77. The van der Waals surface area contributed by atoms with Crippen LogP contribution in [0.15, 0.2) is 36.7 Å². The molecule has 1 saturated heterocycles. The van der Waals surface area contributed by atoms with Crippen molar-refractivity contribution >= 4 is 28.6 Å². The number of nitrogens with one attached hydrogen (secondary N) is 3. The summed E-state index contributed by atoms with van der Waals surface area (Å²) in [4.78, 5) is 19.8. The number of aromatic amines is 1. The Morgan fingerprint density at radius 2 is 1.89 bits per heavy atom. The number of fused-ring (bicyclic) bond motifs is 1. The number of hydrogen-bond donors (Lipinski definition) is 3. The average Bonchev–Trinajstić information content (AvgIpc) is 3.18. The zero-order chi connectivity index (χ0) is 18.1. The molecular weight excluding hydrogens is 338 g/mol. The molecular formula is C20H25N7. The van der Waals surface area contributed by atoms with E-state index >= 15 is 0 Å². The van der Waals surface area contributed by atoms with Gasteiger partial charge >= 0.3 is 0 Å². The Bertz CT molecular complexity index is 906. The predicted molar refractivity (Wildman–Crippen MR) is 107 cm³/mol. The molecule has 2 aliphatic rings. The normalized spacial score (nSPS) is 19.5. The molecule has 7 nitrogen and oxygen atoms in total. The van der Waals surface area contributed by atoms with Crippen molar-refractivity contribution in [2.45, 2.75) is 37.6 Å². The van der Waals surface area contributed by atoms with Gasteiger partial charge in [-0.15, -0.1) is 0 Å². The molecule has 2 fully saturated rings. The van der Waals surface area contributed by atoms with Crippen molar-refractivity contribution in [2.75, 3.05) is 29.9 Å². The van der Waals surface area contributed by atoms with Gasteiger partial charge in [0.1, 0.15) is 5.52 Å². The second-order valence-electron chi connectivity index (χ2n) is 7.58. The lowest BCUT2D eigenvalue weighted by Crippen LogP contribution is -2.62. The Morgan fingerprint density at radius 1 is 1.04 bits per heavy atom. The highest BCUT2D eigenvalue weighted by atomic mass is 15.3. The number of nitrogens with zero attached hydrogens (tertiary/aromatic N) is 4. The highest BCUT2D eigenvalue weighted by Crippen LogP contribution is 2.39. The maximum Gasteiger partial charge on any atom is 0.231 e. The fraction of sp³-hybridized carbons (Fsp3) is 0.450. The molecule has 1 aliphatic heterocycles. The van der Waals surface area contributed by atoms with Crippen molar-refractivity contribution in [3.8, 4) is 0 Å². The van der Waals surface area contributed by atoms with Gasteiger partial charge in [-0.25, -0.2) is 4.98 Å². The Balaban J connectivity index is 1.57. The molecule has 3 N–H and O–H groups in total. The van der Waals surface area contributed by atoms with Crippen molar-refractivity contribution < 1.29 is 0 Å². The minimum Gasteiger partial charge on any atom is -0.346 e. The van der Waals surface area contributed by atoms with E-state index in [2.05, 4.69) is 30.5 Å². The van der Waals surface area contributed by atoms with E-state index < -0.39 is 0 Å². The number of H-pyrrole nitrogens is 1. The van der Waals surface area contributed by atoms with Crippen molar-refractivity contribution in [3.05, 3.63) is 36.7 Å². The summed E-state index contributed by atoms with van der Waals surface area (Å²) < 4.78 is 0. The Morgan fingerprint density at radius 3 is 2.74 bits per heavy atom. The molecule has 1 aromatic carbocycles. The smallest absolute Gasteiger partial charge is 0.231 e. The summed E-state index contributed by atoms with van der Waals surface area (Å²) in [5, 5.41) is 6.95. The van der Waals surface area contributed by atoms with Crippen molar-refractivity contribution in [3.63, 3.8) is 0 Å². The van der Waals surface area contributed by atoms with Gasteiger partial charge in [0.25, 0.3) is 0 Å². The van der Waals surface area contributed by atoms with Crippen LogP contribution in [0.4, 0.5) is 17.5 Å². The van der Waals surface area contributed by atoms with E-state index in [1.54, 1.807) is 6.33 Å². The first kappa shape index (κ1) is 16.5. The molecule has 1 aliphatic carbocycles. The SMILES string of the molecule is c1ccc(Nc2nc(N3CCNCC34CCCCC4)c3[nH]cnc3n2)cc1. The van der Waals surface area contributed by atoms with E-state index in [9.17, 15) is 0 Å². The largest absolute Gasteiger partial charge is 0.346 e. The molecule has 2 aromatic heterocycles. The molecule has 7 heteroatoms. The zero-order valence-corrected chi connectivity index (χ0v) is 15.4. The van der Waals surface area contributed by atoms with Gasteiger partial charge < -0.3 is 20.5 Å². The second-order valence-corrected chi connectivity index (χ2v) is 7.58. The van der Waals surface area contributed by atoms with Crippen LogP contribution in [0.3, 0.4) is 0 Å². The van der Waals surface area contributed by atoms with Crippen LogP contribution in [0.1, 0.15) is 32.1 Å². The lowest BCUT2D eigenvalue weighted by molar-refractivity contribution is 0.240. The van der Waals surface area contributed by atoms with E-state index in [0.717, 1.165) is 36.7 Å². The van der Waals surface area contributed by atoms with Crippen LogP contribution >= 0.6 is 0 Å². The van der Waals surface area contributed by atoms with E-state index in [1.807, 2.05) is 30.3 Å². The molecule has 5 rings (SSSR count). The number of benzene rings is 1. The number of rotatable bonds is 3. The summed E-state index contributed by atoms with van der Waals surface area (Å²) >= 11 is 0. The first-order chi connectivity index (χ1) is 13.3. The molecule has 3 aromatic rings. The lowest BCUT2D eigenvalue weighted by Gasteiger charge is -2.50. The van der Waals surface area contributed by atoms with Gasteiger partial charge in [-0.3, -0.25) is 0 Å². The van der Waals surface area contributed by atoms with Crippen LogP contribution in [0.5, 0.6) is 0 Å². The summed E-state index contributed by atoms with van der Waals surface area (Å²) in [6.45, 7) is 2.95. The van der Waals surface area contributed by atoms with Crippen LogP contribution in [0.2, 0.25) is 0 Å². The Labute approximate surface area is 158 Å². The van der Waals surface area contributed by atoms with E-state index in [4.69, 9.17) is 4.98 Å². The minimum absolute atomic E-state index is 0.146. The van der Waals surface area contributed by atoms with Crippen LogP contribution in [-0.4, -0.2) is 45.1 Å². The Kier molecular flexibility index (Phi) is 4.16. The number of para-hydroxylation sites is 1. The molecule has 1 spiro atoms. The van der Waals surface area contributed by atoms with Crippen molar-refractivity contribution in [1.29, 1.82) is 0 Å². The molecule has 27 heavy (non-hydrogen) atoms. The topological polar surface area (TPSA) is 81.8 Å². The molecule has 0 bridgehead atoms. The van der Waals surface area contributed by atoms with Gasteiger partial charge in [-0.05, 0) is 25.0 Å². The zero-order valence-electron chi connectivity index (χ0n) is 15.4. The highest BCUT2D eigenvalue weighted by Gasteiger charge is 2.41. The monoisotopic (exact) mass is 363 g/mol. The van der Waals surface area contributed by atoms with Gasteiger partial charge in [0.15, 0.2) is 11.5 Å². The van der Waals surface area contributed by atoms with E-state index in [0.29, 0.717) is 11.6 Å². The molecule has 140 valence electrons. The van der Waals surface area contributed by atoms with Gasteiger partial charge in [0.2, 0.25) is 5.95 Å². The van der Waals surface area contributed by atoms with E-state index in [-0.39, 0.29) is 5.54 Å². The fourth-order valence-corrected chi connectivity index (χ4v) is 4.55.